The van der Waals surface area contributed by atoms with Crippen LogP contribution < -0.4 is 0 Å². The maximum absolute atomic E-state index is 10.7. The number of halogens is 1. The molecule has 19 heavy (non-hydrogen) atoms. The second-order valence-corrected chi connectivity index (χ2v) is 5.01. The smallest absolute Gasteiger partial charge is 0.303 e. The first-order valence-corrected chi connectivity index (χ1v) is 6.52. The Kier molecular flexibility index (Phi) is 4.23. The standard InChI is InChI=1S/C16H15ClO2/c1-11(9-16(18)19)13-7-8-14(15(17)10-13)12-5-3-2-4-6-12/h2-8,10-11H,9H2,1H3,(H,18,19). The molecule has 0 saturated heterocycles. The van der Waals surface area contributed by atoms with Crippen LogP contribution in [0.1, 0.15) is 24.8 Å². The Morgan fingerprint density at radius 1 is 1.21 bits per heavy atom. The maximum Gasteiger partial charge on any atom is 0.303 e. The number of carbonyl (C=O) groups is 1. The Hall–Kier alpha value is -1.80. The summed E-state index contributed by atoms with van der Waals surface area (Å²) < 4.78 is 0. The molecule has 2 aromatic carbocycles. The van der Waals surface area contributed by atoms with Gasteiger partial charge in [0.2, 0.25) is 0 Å². The third-order valence-electron chi connectivity index (χ3n) is 3.13. The molecule has 0 saturated carbocycles. The Labute approximate surface area is 117 Å². The van der Waals surface area contributed by atoms with Gasteiger partial charge in [-0.2, -0.15) is 0 Å². The molecule has 0 radical (unpaired) electrons. The summed E-state index contributed by atoms with van der Waals surface area (Å²) in [6.45, 7) is 1.89. The van der Waals surface area contributed by atoms with E-state index in [2.05, 4.69) is 0 Å². The fraction of sp³-hybridized carbons (Fsp3) is 0.188. The zero-order chi connectivity index (χ0) is 13.8. The Morgan fingerprint density at radius 3 is 2.47 bits per heavy atom. The molecule has 98 valence electrons. The van der Waals surface area contributed by atoms with Crippen molar-refractivity contribution in [3.05, 3.63) is 59.1 Å². The van der Waals surface area contributed by atoms with Crippen molar-refractivity contribution in [3.63, 3.8) is 0 Å². The molecular formula is C16H15ClO2. The maximum atomic E-state index is 10.7. The van der Waals surface area contributed by atoms with Gasteiger partial charge in [0.1, 0.15) is 0 Å². The summed E-state index contributed by atoms with van der Waals surface area (Å²) in [7, 11) is 0. The summed E-state index contributed by atoms with van der Waals surface area (Å²) in [6, 6.07) is 15.6. The minimum atomic E-state index is -0.796. The van der Waals surface area contributed by atoms with E-state index in [1.54, 1.807) is 0 Å². The summed E-state index contributed by atoms with van der Waals surface area (Å²) in [5.41, 5.74) is 2.98. The van der Waals surface area contributed by atoms with E-state index in [-0.39, 0.29) is 12.3 Å². The summed E-state index contributed by atoms with van der Waals surface area (Å²) >= 11 is 6.30. The van der Waals surface area contributed by atoms with Gasteiger partial charge in [-0.25, -0.2) is 0 Å². The molecule has 0 bridgehead atoms. The van der Waals surface area contributed by atoms with Crippen LogP contribution in [0.15, 0.2) is 48.5 Å². The Balaban J connectivity index is 2.30. The van der Waals surface area contributed by atoms with Crippen molar-refractivity contribution in [2.75, 3.05) is 0 Å². The first kappa shape index (κ1) is 13.6. The van der Waals surface area contributed by atoms with E-state index < -0.39 is 5.97 Å². The highest BCUT2D eigenvalue weighted by Gasteiger charge is 2.12. The van der Waals surface area contributed by atoms with Gasteiger partial charge in [-0.3, -0.25) is 4.79 Å². The quantitative estimate of drug-likeness (QED) is 0.886. The van der Waals surface area contributed by atoms with Gasteiger partial charge in [0, 0.05) is 10.6 Å². The minimum absolute atomic E-state index is 0.0418. The fourth-order valence-electron chi connectivity index (χ4n) is 2.07. The zero-order valence-electron chi connectivity index (χ0n) is 10.6. The molecule has 2 nitrogen and oxygen atoms in total. The molecule has 0 aliphatic rings. The number of rotatable bonds is 4. The van der Waals surface area contributed by atoms with Crippen LogP contribution in [0.5, 0.6) is 0 Å². The van der Waals surface area contributed by atoms with Crippen LogP contribution in [0.4, 0.5) is 0 Å². The molecule has 0 spiro atoms. The van der Waals surface area contributed by atoms with E-state index >= 15 is 0 Å². The monoisotopic (exact) mass is 274 g/mol. The number of aliphatic carboxylic acids is 1. The molecule has 0 fully saturated rings. The van der Waals surface area contributed by atoms with Crippen LogP contribution in [-0.2, 0) is 4.79 Å². The molecule has 0 amide bonds. The first-order valence-electron chi connectivity index (χ1n) is 6.14. The summed E-state index contributed by atoms with van der Waals surface area (Å²) in [6.07, 6.45) is 0.112. The van der Waals surface area contributed by atoms with Crippen molar-refractivity contribution < 1.29 is 9.90 Å². The molecule has 1 unspecified atom stereocenters. The second-order valence-electron chi connectivity index (χ2n) is 4.60. The average molecular weight is 275 g/mol. The van der Waals surface area contributed by atoms with E-state index in [0.29, 0.717) is 5.02 Å². The Bertz CT molecular complexity index is 579. The van der Waals surface area contributed by atoms with Gasteiger partial charge >= 0.3 is 5.97 Å². The number of carboxylic acid groups (broad SMARTS) is 1. The first-order chi connectivity index (χ1) is 9.08. The number of hydrogen-bond acceptors (Lipinski definition) is 1. The lowest BCUT2D eigenvalue weighted by atomic mass is 9.95. The van der Waals surface area contributed by atoms with Crippen LogP contribution in [0.3, 0.4) is 0 Å². The molecule has 2 rings (SSSR count). The lowest BCUT2D eigenvalue weighted by Gasteiger charge is -2.12. The van der Waals surface area contributed by atoms with Crippen LogP contribution in [-0.4, -0.2) is 11.1 Å². The van der Waals surface area contributed by atoms with Crippen molar-refractivity contribution >= 4 is 17.6 Å². The molecule has 1 atom stereocenters. The topological polar surface area (TPSA) is 37.3 Å². The van der Waals surface area contributed by atoms with Crippen molar-refractivity contribution in [2.45, 2.75) is 19.3 Å². The van der Waals surface area contributed by atoms with Gasteiger partial charge in [0.15, 0.2) is 0 Å². The van der Waals surface area contributed by atoms with E-state index in [0.717, 1.165) is 16.7 Å². The molecule has 1 N–H and O–H groups in total. The zero-order valence-corrected chi connectivity index (χ0v) is 11.4. The number of carboxylic acids is 1. The van der Waals surface area contributed by atoms with Gasteiger partial charge in [0.25, 0.3) is 0 Å². The van der Waals surface area contributed by atoms with Gasteiger partial charge in [0.05, 0.1) is 6.42 Å². The highest BCUT2D eigenvalue weighted by molar-refractivity contribution is 6.33. The van der Waals surface area contributed by atoms with Crippen LogP contribution in [0, 0.1) is 0 Å². The number of benzene rings is 2. The molecule has 0 aliphatic heterocycles. The third-order valence-corrected chi connectivity index (χ3v) is 3.44. The lowest BCUT2D eigenvalue weighted by Crippen LogP contribution is -2.02. The summed E-state index contributed by atoms with van der Waals surface area (Å²) in [5, 5.41) is 9.47. The van der Waals surface area contributed by atoms with Crippen LogP contribution >= 0.6 is 11.6 Å². The van der Waals surface area contributed by atoms with Crippen molar-refractivity contribution in [2.24, 2.45) is 0 Å². The van der Waals surface area contributed by atoms with Crippen LogP contribution in [0.25, 0.3) is 11.1 Å². The van der Waals surface area contributed by atoms with Crippen molar-refractivity contribution in [1.29, 1.82) is 0 Å². The predicted molar refractivity (Wildman–Crippen MR) is 77.6 cm³/mol. The SMILES string of the molecule is CC(CC(=O)O)c1ccc(-c2ccccc2)c(Cl)c1. The third kappa shape index (κ3) is 3.36. The largest absolute Gasteiger partial charge is 0.481 e. The van der Waals surface area contributed by atoms with E-state index in [1.807, 2.05) is 55.5 Å². The van der Waals surface area contributed by atoms with E-state index in [1.165, 1.54) is 0 Å². The minimum Gasteiger partial charge on any atom is -0.481 e. The molecule has 3 heteroatoms. The van der Waals surface area contributed by atoms with Crippen molar-refractivity contribution in [1.82, 2.24) is 0 Å². The summed E-state index contributed by atoms with van der Waals surface area (Å²) in [5.74, 6) is -0.837. The normalized spacial score (nSPS) is 12.1. The Morgan fingerprint density at radius 2 is 1.89 bits per heavy atom. The van der Waals surface area contributed by atoms with Gasteiger partial charge in [-0.15, -0.1) is 0 Å². The van der Waals surface area contributed by atoms with Gasteiger partial charge in [-0.05, 0) is 23.1 Å². The van der Waals surface area contributed by atoms with Gasteiger partial charge < -0.3 is 5.11 Å². The molecular weight excluding hydrogens is 260 g/mol. The van der Waals surface area contributed by atoms with Gasteiger partial charge in [-0.1, -0.05) is 61.0 Å². The predicted octanol–water partition coefficient (Wildman–Crippen LogP) is 4.59. The molecule has 0 aromatic heterocycles. The average Bonchev–Trinajstić information content (AvgIpc) is 2.38. The van der Waals surface area contributed by atoms with Crippen molar-refractivity contribution in [3.8, 4) is 11.1 Å². The summed E-state index contributed by atoms with van der Waals surface area (Å²) in [4.78, 5) is 10.7. The lowest BCUT2D eigenvalue weighted by molar-refractivity contribution is -0.137. The molecule has 2 aromatic rings. The second kappa shape index (κ2) is 5.89. The fourth-order valence-corrected chi connectivity index (χ4v) is 2.37. The van der Waals surface area contributed by atoms with E-state index in [9.17, 15) is 4.79 Å². The highest BCUT2D eigenvalue weighted by atomic mass is 35.5. The molecule has 0 aliphatic carbocycles. The van der Waals surface area contributed by atoms with E-state index in [4.69, 9.17) is 16.7 Å². The molecule has 0 heterocycles. The highest BCUT2D eigenvalue weighted by Crippen LogP contribution is 2.31. The number of hydrogen-bond donors (Lipinski definition) is 1. The van der Waals surface area contributed by atoms with Crippen LogP contribution in [0.2, 0.25) is 5.02 Å².